The molecule has 0 bridgehead atoms. The zero-order chi connectivity index (χ0) is 22.7. The number of hydrogen-bond acceptors (Lipinski definition) is 4. The Kier molecular flexibility index (Phi) is 6.41. The summed E-state index contributed by atoms with van der Waals surface area (Å²) >= 11 is 0. The van der Waals surface area contributed by atoms with Gasteiger partial charge in [-0.2, -0.15) is 5.10 Å². The van der Waals surface area contributed by atoms with Gasteiger partial charge in [-0.05, 0) is 43.2 Å². The molecule has 1 aliphatic rings. The highest BCUT2D eigenvalue weighted by Crippen LogP contribution is 2.15. The molecule has 166 valence electrons. The third-order valence-electron chi connectivity index (χ3n) is 5.59. The van der Waals surface area contributed by atoms with Gasteiger partial charge in [-0.1, -0.05) is 24.3 Å². The van der Waals surface area contributed by atoms with Crippen LogP contribution in [0.5, 0.6) is 0 Å². The summed E-state index contributed by atoms with van der Waals surface area (Å²) in [5, 5.41) is 4.23. The first-order valence-corrected chi connectivity index (χ1v) is 10.5. The van der Waals surface area contributed by atoms with Gasteiger partial charge >= 0.3 is 0 Å². The number of halogens is 2. The highest BCUT2D eigenvalue weighted by atomic mass is 19.1. The van der Waals surface area contributed by atoms with Crippen LogP contribution in [0.4, 0.5) is 8.78 Å². The molecule has 2 heterocycles. The minimum atomic E-state index is -0.489. The number of aryl methyl sites for hydroxylation is 1. The molecule has 4 rings (SSSR count). The third-order valence-corrected chi connectivity index (χ3v) is 5.59. The zero-order valence-corrected chi connectivity index (χ0v) is 17.8. The molecular formula is C24H24F2N4O2. The van der Waals surface area contributed by atoms with Crippen LogP contribution in [0.1, 0.15) is 28.2 Å². The summed E-state index contributed by atoms with van der Waals surface area (Å²) in [4.78, 5) is 29.5. The Morgan fingerprint density at radius 2 is 1.75 bits per heavy atom. The normalized spacial score (nSPS) is 14.9. The van der Waals surface area contributed by atoms with Gasteiger partial charge in [0.15, 0.2) is 5.69 Å². The van der Waals surface area contributed by atoms with Crippen molar-refractivity contribution in [3.63, 3.8) is 0 Å². The monoisotopic (exact) mass is 438 g/mol. The number of aromatic nitrogens is 2. The van der Waals surface area contributed by atoms with Gasteiger partial charge in [-0.15, -0.1) is 0 Å². The molecule has 0 unspecified atom stereocenters. The minimum absolute atomic E-state index is 0.181. The summed E-state index contributed by atoms with van der Waals surface area (Å²) in [5.41, 5.74) is 0.927. The molecular weight excluding hydrogens is 414 g/mol. The second kappa shape index (κ2) is 9.40. The Morgan fingerprint density at radius 3 is 2.50 bits per heavy atom. The van der Waals surface area contributed by atoms with E-state index >= 15 is 0 Å². The fourth-order valence-electron chi connectivity index (χ4n) is 3.89. The minimum Gasteiger partial charge on any atom is -0.336 e. The quantitative estimate of drug-likeness (QED) is 0.628. The number of amides is 1. The maximum Gasteiger partial charge on any atom is 0.278 e. The molecule has 0 aliphatic carbocycles. The summed E-state index contributed by atoms with van der Waals surface area (Å²) in [6, 6.07) is 13.8. The maximum absolute atomic E-state index is 14.3. The standard InChI is InChI=1S/C24H24F2N4O2/c1-17-15-22(31)23(27-30(17)21-6-3-2-5-20(21)26)24(32)29-12-4-11-28(13-14-29)16-18-7-9-19(25)10-8-18/h2-3,5-10,15H,4,11-14,16H2,1H3. The van der Waals surface area contributed by atoms with Gasteiger partial charge in [0.2, 0.25) is 5.43 Å². The Labute approximate surface area is 184 Å². The van der Waals surface area contributed by atoms with Crippen LogP contribution in [0.3, 0.4) is 0 Å². The second-order valence-electron chi connectivity index (χ2n) is 7.91. The fraction of sp³-hybridized carbons (Fsp3) is 0.292. The summed E-state index contributed by atoms with van der Waals surface area (Å²) in [6.07, 6.45) is 0.736. The Bertz CT molecular complexity index is 1180. The van der Waals surface area contributed by atoms with E-state index in [1.807, 2.05) is 0 Å². The van der Waals surface area contributed by atoms with E-state index in [9.17, 15) is 18.4 Å². The molecule has 0 N–H and O–H groups in total. The molecule has 8 heteroatoms. The van der Waals surface area contributed by atoms with E-state index in [1.54, 1.807) is 42.2 Å². The van der Waals surface area contributed by atoms with E-state index in [4.69, 9.17) is 0 Å². The molecule has 1 amide bonds. The molecule has 1 aromatic heterocycles. The van der Waals surface area contributed by atoms with Gasteiger partial charge in [-0.25, -0.2) is 13.5 Å². The number of para-hydroxylation sites is 1. The van der Waals surface area contributed by atoms with Crippen LogP contribution in [0.15, 0.2) is 59.4 Å². The molecule has 0 saturated carbocycles. The van der Waals surface area contributed by atoms with Crippen molar-refractivity contribution < 1.29 is 13.6 Å². The molecule has 1 saturated heterocycles. The van der Waals surface area contributed by atoms with Crippen LogP contribution in [0.2, 0.25) is 0 Å². The lowest BCUT2D eigenvalue weighted by atomic mass is 10.2. The lowest BCUT2D eigenvalue weighted by Crippen LogP contribution is -2.38. The Balaban J connectivity index is 1.52. The Morgan fingerprint density at radius 1 is 1.00 bits per heavy atom. The van der Waals surface area contributed by atoms with E-state index in [1.165, 1.54) is 28.9 Å². The third kappa shape index (κ3) is 4.75. The first-order chi connectivity index (χ1) is 15.4. The number of benzene rings is 2. The SMILES string of the molecule is Cc1cc(=O)c(C(=O)N2CCCN(Cc3ccc(F)cc3)CC2)nn1-c1ccccc1F. The average Bonchev–Trinajstić information content (AvgIpc) is 3.01. The first kappa shape index (κ1) is 21.8. The highest BCUT2D eigenvalue weighted by Gasteiger charge is 2.24. The topological polar surface area (TPSA) is 58.4 Å². The molecule has 2 aromatic carbocycles. The molecule has 0 atom stereocenters. The first-order valence-electron chi connectivity index (χ1n) is 10.5. The zero-order valence-electron chi connectivity index (χ0n) is 17.8. The molecule has 3 aromatic rings. The summed E-state index contributed by atoms with van der Waals surface area (Å²) < 4.78 is 28.7. The largest absolute Gasteiger partial charge is 0.336 e. The number of rotatable bonds is 4. The van der Waals surface area contributed by atoms with Crippen molar-refractivity contribution in [1.29, 1.82) is 0 Å². The predicted octanol–water partition coefficient (Wildman–Crippen LogP) is 3.17. The van der Waals surface area contributed by atoms with Crippen molar-refractivity contribution in [2.24, 2.45) is 0 Å². The van der Waals surface area contributed by atoms with Crippen molar-refractivity contribution in [3.8, 4) is 5.69 Å². The average molecular weight is 438 g/mol. The van der Waals surface area contributed by atoms with E-state index in [0.717, 1.165) is 18.5 Å². The van der Waals surface area contributed by atoms with Gasteiger partial charge in [0.1, 0.15) is 17.3 Å². The van der Waals surface area contributed by atoms with Crippen molar-refractivity contribution in [3.05, 3.63) is 93.4 Å². The van der Waals surface area contributed by atoms with Gasteiger partial charge in [-0.3, -0.25) is 14.5 Å². The van der Waals surface area contributed by atoms with Crippen molar-refractivity contribution in [1.82, 2.24) is 19.6 Å². The second-order valence-corrected chi connectivity index (χ2v) is 7.91. The Hall–Kier alpha value is -3.39. The lowest BCUT2D eigenvalue weighted by molar-refractivity contribution is 0.0751. The molecule has 32 heavy (non-hydrogen) atoms. The van der Waals surface area contributed by atoms with Crippen LogP contribution in [0, 0.1) is 18.6 Å². The molecule has 0 spiro atoms. The molecule has 0 radical (unpaired) electrons. The van der Waals surface area contributed by atoms with Crippen LogP contribution in [0.25, 0.3) is 5.69 Å². The van der Waals surface area contributed by atoms with Crippen LogP contribution in [-0.4, -0.2) is 51.7 Å². The van der Waals surface area contributed by atoms with E-state index in [0.29, 0.717) is 31.9 Å². The summed E-state index contributed by atoms with van der Waals surface area (Å²) in [7, 11) is 0. The molecule has 1 aliphatic heterocycles. The van der Waals surface area contributed by atoms with Gasteiger partial charge in [0, 0.05) is 44.5 Å². The summed E-state index contributed by atoms with van der Waals surface area (Å²) in [5.74, 6) is -1.21. The van der Waals surface area contributed by atoms with E-state index in [-0.39, 0.29) is 17.2 Å². The van der Waals surface area contributed by atoms with Crippen LogP contribution >= 0.6 is 0 Å². The smallest absolute Gasteiger partial charge is 0.278 e. The number of carbonyl (C=O) groups is 1. The number of hydrogen-bond donors (Lipinski definition) is 0. The van der Waals surface area contributed by atoms with E-state index in [2.05, 4.69) is 10.00 Å². The van der Waals surface area contributed by atoms with Crippen LogP contribution < -0.4 is 5.43 Å². The number of carbonyl (C=O) groups excluding carboxylic acids is 1. The predicted molar refractivity (Wildman–Crippen MR) is 117 cm³/mol. The molecule has 6 nitrogen and oxygen atoms in total. The van der Waals surface area contributed by atoms with Crippen molar-refractivity contribution in [2.75, 3.05) is 26.2 Å². The van der Waals surface area contributed by atoms with Crippen LogP contribution in [-0.2, 0) is 6.54 Å². The van der Waals surface area contributed by atoms with Gasteiger partial charge < -0.3 is 4.90 Å². The van der Waals surface area contributed by atoms with Crippen molar-refractivity contribution >= 4 is 5.91 Å². The fourth-order valence-corrected chi connectivity index (χ4v) is 3.89. The highest BCUT2D eigenvalue weighted by molar-refractivity contribution is 5.92. The summed E-state index contributed by atoms with van der Waals surface area (Å²) in [6.45, 7) is 4.64. The van der Waals surface area contributed by atoms with Gasteiger partial charge in [0.25, 0.3) is 5.91 Å². The van der Waals surface area contributed by atoms with Crippen molar-refractivity contribution in [2.45, 2.75) is 19.9 Å². The lowest BCUT2D eigenvalue weighted by Gasteiger charge is -2.22. The van der Waals surface area contributed by atoms with E-state index < -0.39 is 17.2 Å². The maximum atomic E-state index is 14.3. The number of nitrogens with zero attached hydrogens (tertiary/aromatic N) is 4. The van der Waals surface area contributed by atoms with Gasteiger partial charge in [0.05, 0.1) is 0 Å². The molecule has 1 fully saturated rings.